The molecule has 1 aromatic heterocycles. The summed E-state index contributed by atoms with van der Waals surface area (Å²) in [4.78, 5) is 13.6. The molecule has 0 aliphatic carbocycles. The SMILES string of the molecule is CCN(Cc1ccco1)CC(CC)(CC)C(=O)O. The van der Waals surface area contributed by atoms with Crippen LogP contribution in [0.4, 0.5) is 0 Å². The van der Waals surface area contributed by atoms with Crippen molar-refractivity contribution in [1.29, 1.82) is 0 Å². The van der Waals surface area contributed by atoms with Crippen LogP contribution in [0.3, 0.4) is 0 Å². The van der Waals surface area contributed by atoms with E-state index < -0.39 is 11.4 Å². The van der Waals surface area contributed by atoms with Crippen LogP contribution in [0, 0.1) is 5.41 Å². The summed E-state index contributed by atoms with van der Waals surface area (Å²) in [6.07, 6.45) is 2.94. The van der Waals surface area contributed by atoms with E-state index >= 15 is 0 Å². The lowest BCUT2D eigenvalue weighted by molar-refractivity contribution is -0.151. The Morgan fingerprint density at radius 3 is 2.44 bits per heavy atom. The second-order valence-electron chi connectivity index (χ2n) is 4.68. The highest BCUT2D eigenvalue weighted by molar-refractivity contribution is 5.74. The minimum absolute atomic E-state index is 0.562. The van der Waals surface area contributed by atoms with Crippen LogP contribution in [0.15, 0.2) is 22.8 Å². The lowest BCUT2D eigenvalue weighted by Gasteiger charge is -2.32. The number of hydrogen-bond donors (Lipinski definition) is 1. The monoisotopic (exact) mass is 253 g/mol. The molecule has 0 bridgehead atoms. The fourth-order valence-corrected chi connectivity index (χ4v) is 2.17. The van der Waals surface area contributed by atoms with Crippen LogP contribution in [-0.2, 0) is 11.3 Å². The molecule has 0 fully saturated rings. The summed E-state index contributed by atoms with van der Waals surface area (Å²) in [5, 5.41) is 9.44. The summed E-state index contributed by atoms with van der Waals surface area (Å²) >= 11 is 0. The Morgan fingerprint density at radius 2 is 2.06 bits per heavy atom. The van der Waals surface area contributed by atoms with Crippen molar-refractivity contribution in [3.05, 3.63) is 24.2 Å². The molecule has 0 aliphatic rings. The first-order valence-corrected chi connectivity index (χ1v) is 6.56. The van der Waals surface area contributed by atoms with E-state index in [1.165, 1.54) is 0 Å². The average molecular weight is 253 g/mol. The van der Waals surface area contributed by atoms with E-state index in [2.05, 4.69) is 4.90 Å². The molecule has 0 unspecified atom stereocenters. The number of rotatable bonds is 8. The number of carboxylic acid groups (broad SMARTS) is 1. The molecule has 0 saturated carbocycles. The fourth-order valence-electron chi connectivity index (χ4n) is 2.17. The molecule has 4 nitrogen and oxygen atoms in total. The van der Waals surface area contributed by atoms with Gasteiger partial charge in [-0.05, 0) is 31.5 Å². The van der Waals surface area contributed by atoms with Crippen molar-refractivity contribution in [2.75, 3.05) is 13.1 Å². The van der Waals surface area contributed by atoms with Gasteiger partial charge in [0.1, 0.15) is 5.76 Å². The van der Waals surface area contributed by atoms with Crippen molar-refractivity contribution in [3.63, 3.8) is 0 Å². The van der Waals surface area contributed by atoms with Crippen molar-refractivity contribution in [2.24, 2.45) is 5.41 Å². The van der Waals surface area contributed by atoms with Gasteiger partial charge in [-0.15, -0.1) is 0 Å². The third-order valence-corrected chi connectivity index (χ3v) is 3.74. The first-order chi connectivity index (χ1) is 8.57. The molecule has 0 radical (unpaired) electrons. The third-order valence-electron chi connectivity index (χ3n) is 3.74. The molecule has 102 valence electrons. The van der Waals surface area contributed by atoms with E-state index in [4.69, 9.17) is 4.42 Å². The molecular formula is C14H23NO3. The van der Waals surface area contributed by atoms with Crippen LogP contribution in [0.2, 0.25) is 0 Å². The summed E-state index contributed by atoms with van der Waals surface area (Å²) in [6.45, 7) is 7.97. The summed E-state index contributed by atoms with van der Waals surface area (Å²) in [5.74, 6) is 0.175. The van der Waals surface area contributed by atoms with E-state index in [0.29, 0.717) is 25.9 Å². The van der Waals surface area contributed by atoms with E-state index in [9.17, 15) is 9.90 Å². The Kier molecular flexibility index (Phi) is 5.41. The van der Waals surface area contributed by atoms with E-state index in [1.807, 2.05) is 32.9 Å². The standard InChI is InChI=1S/C14H23NO3/c1-4-14(5-2,13(16)17)11-15(6-3)10-12-8-7-9-18-12/h7-9H,4-6,10-11H2,1-3H3,(H,16,17). The highest BCUT2D eigenvalue weighted by Crippen LogP contribution is 2.28. The predicted molar refractivity (Wildman–Crippen MR) is 70.3 cm³/mol. The summed E-state index contributed by atoms with van der Waals surface area (Å²) in [7, 11) is 0. The number of carbonyl (C=O) groups is 1. The van der Waals surface area contributed by atoms with Gasteiger partial charge in [0, 0.05) is 6.54 Å². The van der Waals surface area contributed by atoms with Crippen molar-refractivity contribution < 1.29 is 14.3 Å². The topological polar surface area (TPSA) is 53.7 Å². The summed E-state index contributed by atoms with van der Waals surface area (Å²) in [6, 6.07) is 3.77. The van der Waals surface area contributed by atoms with Crippen molar-refractivity contribution in [1.82, 2.24) is 4.90 Å². The minimum Gasteiger partial charge on any atom is -0.481 e. The first kappa shape index (κ1) is 14.8. The second-order valence-corrected chi connectivity index (χ2v) is 4.68. The van der Waals surface area contributed by atoms with Gasteiger partial charge in [0.25, 0.3) is 0 Å². The zero-order chi connectivity index (χ0) is 13.6. The molecule has 0 amide bonds. The van der Waals surface area contributed by atoms with Crippen LogP contribution in [0.1, 0.15) is 39.4 Å². The Hall–Kier alpha value is -1.29. The number of furan rings is 1. The van der Waals surface area contributed by atoms with Crippen molar-refractivity contribution in [2.45, 2.75) is 40.2 Å². The Morgan fingerprint density at radius 1 is 1.39 bits per heavy atom. The Balaban J connectivity index is 2.73. The molecule has 4 heteroatoms. The molecule has 1 aromatic rings. The van der Waals surface area contributed by atoms with Gasteiger partial charge in [0.15, 0.2) is 0 Å². The van der Waals surface area contributed by atoms with Gasteiger partial charge in [-0.1, -0.05) is 20.8 Å². The number of hydrogen-bond acceptors (Lipinski definition) is 3. The summed E-state index contributed by atoms with van der Waals surface area (Å²) in [5.41, 5.74) is -0.650. The van der Waals surface area contributed by atoms with Gasteiger partial charge in [-0.2, -0.15) is 0 Å². The zero-order valence-corrected chi connectivity index (χ0v) is 11.5. The van der Waals surface area contributed by atoms with Crippen molar-refractivity contribution in [3.8, 4) is 0 Å². The molecular weight excluding hydrogens is 230 g/mol. The molecule has 18 heavy (non-hydrogen) atoms. The lowest BCUT2D eigenvalue weighted by Crippen LogP contribution is -2.42. The zero-order valence-electron chi connectivity index (χ0n) is 11.5. The van der Waals surface area contributed by atoms with Gasteiger partial charge in [-0.3, -0.25) is 9.69 Å². The quantitative estimate of drug-likeness (QED) is 0.773. The molecule has 1 rings (SSSR count). The maximum atomic E-state index is 11.5. The second kappa shape index (κ2) is 6.59. The van der Waals surface area contributed by atoms with E-state index in [1.54, 1.807) is 6.26 Å². The lowest BCUT2D eigenvalue weighted by atomic mass is 9.82. The molecule has 0 spiro atoms. The van der Waals surface area contributed by atoms with E-state index in [-0.39, 0.29) is 0 Å². The normalized spacial score (nSPS) is 12.0. The molecule has 0 aliphatic heterocycles. The predicted octanol–water partition coefficient (Wildman–Crippen LogP) is 2.99. The van der Waals surface area contributed by atoms with Gasteiger partial charge in [0.2, 0.25) is 0 Å². The number of aliphatic carboxylic acids is 1. The molecule has 0 atom stereocenters. The van der Waals surface area contributed by atoms with Gasteiger partial charge in [-0.25, -0.2) is 0 Å². The highest BCUT2D eigenvalue weighted by Gasteiger charge is 2.36. The number of carboxylic acids is 1. The Labute approximate surface area is 109 Å². The van der Waals surface area contributed by atoms with Crippen LogP contribution in [0.25, 0.3) is 0 Å². The maximum absolute atomic E-state index is 11.5. The van der Waals surface area contributed by atoms with Crippen LogP contribution >= 0.6 is 0 Å². The highest BCUT2D eigenvalue weighted by atomic mass is 16.4. The molecule has 1 N–H and O–H groups in total. The molecule has 0 saturated heterocycles. The van der Waals surface area contributed by atoms with Crippen LogP contribution < -0.4 is 0 Å². The summed E-state index contributed by atoms with van der Waals surface area (Å²) < 4.78 is 5.32. The third kappa shape index (κ3) is 3.35. The van der Waals surface area contributed by atoms with Gasteiger partial charge in [0.05, 0.1) is 18.2 Å². The van der Waals surface area contributed by atoms with Crippen LogP contribution in [0.5, 0.6) is 0 Å². The Bertz CT molecular complexity index is 355. The smallest absolute Gasteiger partial charge is 0.310 e. The van der Waals surface area contributed by atoms with E-state index in [0.717, 1.165) is 12.3 Å². The van der Waals surface area contributed by atoms with Gasteiger partial charge < -0.3 is 9.52 Å². The van der Waals surface area contributed by atoms with Gasteiger partial charge >= 0.3 is 5.97 Å². The van der Waals surface area contributed by atoms with Crippen molar-refractivity contribution >= 4 is 5.97 Å². The molecule has 1 heterocycles. The van der Waals surface area contributed by atoms with Crippen LogP contribution in [-0.4, -0.2) is 29.1 Å². The fraction of sp³-hybridized carbons (Fsp3) is 0.643. The average Bonchev–Trinajstić information content (AvgIpc) is 2.87. The minimum atomic E-state index is -0.703. The molecule has 0 aromatic carbocycles. The maximum Gasteiger partial charge on any atom is 0.310 e. The first-order valence-electron chi connectivity index (χ1n) is 6.56. The largest absolute Gasteiger partial charge is 0.481 e. The number of nitrogens with zero attached hydrogens (tertiary/aromatic N) is 1.